The van der Waals surface area contributed by atoms with Gasteiger partial charge < -0.3 is 9.47 Å². The lowest BCUT2D eigenvalue weighted by Crippen LogP contribution is -2.28. The van der Waals surface area contributed by atoms with Crippen LogP contribution in [0.1, 0.15) is 23.6 Å². The van der Waals surface area contributed by atoms with Gasteiger partial charge in [0.25, 0.3) is 0 Å². The molecular weight excluding hydrogens is 266 g/mol. The highest BCUT2D eigenvalue weighted by atomic mass is 16.5. The average Bonchev–Trinajstić information content (AvgIpc) is 2.56. The molecule has 21 heavy (non-hydrogen) atoms. The summed E-state index contributed by atoms with van der Waals surface area (Å²) in [6.07, 6.45) is 3.46. The van der Waals surface area contributed by atoms with Crippen LogP contribution in [0.15, 0.2) is 42.6 Å². The van der Waals surface area contributed by atoms with Crippen LogP contribution >= 0.6 is 0 Å². The molecule has 1 unspecified atom stereocenters. The monoisotopic (exact) mass is 287 g/mol. The quantitative estimate of drug-likeness (QED) is 0.604. The number of benzene rings is 1. The van der Waals surface area contributed by atoms with Gasteiger partial charge in [0, 0.05) is 11.8 Å². The number of hydrogen-bond acceptors (Lipinski definition) is 5. The third kappa shape index (κ3) is 3.93. The molecule has 0 aliphatic heterocycles. The molecule has 0 fully saturated rings. The van der Waals surface area contributed by atoms with Gasteiger partial charge in [-0.2, -0.15) is 0 Å². The Kier molecular flexibility index (Phi) is 5.54. The molecule has 0 saturated carbocycles. The molecule has 1 aromatic carbocycles. The van der Waals surface area contributed by atoms with Gasteiger partial charge in [0.1, 0.15) is 5.75 Å². The number of nitrogens with zero attached hydrogens (tertiary/aromatic N) is 1. The van der Waals surface area contributed by atoms with Crippen LogP contribution in [0.2, 0.25) is 0 Å². The first-order valence-electron chi connectivity index (χ1n) is 6.86. The highest BCUT2D eigenvalue weighted by Gasteiger charge is 2.15. The highest BCUT2D eigenvalue weighted by molar-refractivity contribution is 5.30. The Labute approximate surface area is 125 Å². The van der Waals surface area contributed by atoms with Crippen LogP contribution in [-0.4, -0.2) is 19.2 Å². The predicted molar refractivity (Wildman–Crippen MR) is 82.2 cm³/mol. The smallest absolute Gasteiger partial charge is 0.217 e. The molecule has 3 N–H and O–H groups in total. The van der Waals surface area contributed by atoms with E-state index in [2.05, 4.69) is 22.5 Å². The fourth-order valence-corrected chi connectivity index (χ4v) is 2.27. The SMILES string of the molecule is COc1ccc(CCC(NN)c2cccnc2OC)cc1. The van der Waals surface area contributed by atoms with Gasteiger partial charge in [0.2, 0.25) is 5.88 Å². The summed E-state index contributed by atoms with van der Waals surface area (Å²) in [5, 5.41) is 0. The zero-order valence-electron chi connectivity index (χ0n) is 12.4. The Hall–Kier alpha value is -2.11. The molecule has 1 aromatic heterocycles. The summed E-state index contributed by atoms with van der Waals surface area (Å²) in [5.74, 6) is 7.15. The van der Waals surface area contributed by atoms with Crippen molar-refractivity contribution in [3.63, 3.8) is 0 Å². The minimum Gasteiger partial charge on any atom is -0.497 e. The molecule has 5 heteroatoms. The Balaban J connectivity index is 2.05. The molecule has 0 saturated heterocycles. The van der Waals surface area contributed by atoms with Crippen molar-refractivity contribution in [2.24, 2.45) is 5.84 Å². The zero-order chi connectivity index (χ0) is 15.1. The number of rotatable bonds is 7. The zero-order valence-corrected chi connectivity index (χ0v) is 12.4. The Morgan fingerprint density at radius 2 is 1.90 bits per heavy atom. The minimum absolute atomic E-state index is 0.00393. The number of ether oxygens (including phenoxy) is 2. The van der Waals surface area contributed by atoms with E-state index in [1.807, 2.05) is 24.3 Å². The first-order chi connectivity index (χ1) is 10.3. The standard InChI is InChI=1S/C16H21N3O2/c1-20-13-8-5-12(6-9-13)7-10-15(19-17)14-4-3-11-18-16(14)21-2/h3-6,8-9,11,15,19H,7,10,17H2,1-2H3. The van der Waals surface area contributed by atoms with Gasteiger partial charge in [0.05, 0.1) is 20.3 Å². The van der Waals surface area contributed by atoms with Crippen LogP contribution in [0.3, 0.4) is 0 Å². The van der Waals surface area contributed by atoms with E-state index < -0.39 is 0 Å². The number of aromatic nitrogens is 1. The van der Waals surface area contributed by atoms with Gasteiger partial charge >= 0.3 is 0 Å². The molecule has 112 valence electrons. The average molecular weight is 287 g/mol. The largest absolute Gasteiger partial charge is 0.497 e. The highest BCUT2D eigenvalue weighted by Crippen LogP contribution is 2.25. The second-order valence-electron chi connectivity index (χ2n) is 4.71. The third-order valence-corrected chi connectivity index (χ3v) is 3.45. The van der Waals surface area contributed by atoms with Crippen molar-refractivity contribution in [3.8, 4) is 11.6 Å². The molecule has 0 amide bonds. The van der Waals surface area contributed by atoms with Crippen LogP contribution < -0.4 is 20.7 Å². The number of methoxy groups -OCH3 is 2. The van der Waals surface area contributed by atoms with Crippen molar-refractivity contribution < 1.29 is 9.47 Å². The minimum atomic E-state index is -0.00393. The molecule has 0 aliphatic carbocycles. The molecule has 5 nitrogen and oxygen atoms in total. The van der Waals surface area contributed by atoms with Crippen molar-refractivity contribution in [1.82, 2.24) is 10.4 Å². The van der Waals surface area contributed by atoms with Crippen LogP contribution in [0.25, 0.3) is 0 Å². The maximum atomic E-state index is 5.68. The molecule has 0 aliphatic rings. The molecule has 2 rings (SSSR count). The summed E-state index contributed by atoms with van der Waals surface area (Å²) in [6, 6.07) is 11.9. The summed E-state index contributed by atoms with van der Waals surface area (Å²) in [4.78, 5) is 4.21. The summed E-state index contributed by atoms with van der Waals surface area (Å²) in [6.45, 7) is 0. The molecule has 1 heterocycles. The Morgan fingerprint density at radius 1 is 1.14 bits per heavy atom. The fraction of sp³-hybridized carbons (Fsp3) is 0.312. The second kappa shape index (κ2) is 7.61. The normalized spacial score (nSPS) is 12.0. The van der Waals surface area contributed by atoms with E-state index in [4.69, 9.17) is 15.3 Å². The number of nitrogens with one attached hydrogen (secondary N) is 1. The van der Waals surface area contributed by atoms with E-state index in [1.54, 1.807) is 20.4 Å². The van der Waals surface area contributed by atoms with E-state index in [9.17, 15) is 0 Å². The van der Waals surface area contributed by atoms with Crippen molar-refractivity contribution in [2.45, 2.75) is 18.9 Å². The van der Waals surface area contributed by atoms with Gasteiger partial charge in [-0.05, 0) is 36.6 Å². The molecule has 0 spiro atoms. The molecule has 2 aromatic rings. The Bertz CT molecular complexity index is 558. The molecule has 0 bridgehead atoms. The van der Waals surface area contributed by atoms with Gasteiger partial charge in [-0.3, -0.25) is 11.3 Å². The van der Waals surface area contributed by atoms with E-state index >= 15 is 0 Å². The second-order valence-corrected chi connectivity index (χ2v) is 4.71. The number of nitrogens with two attached hydrogens (primary N) is 1. The molecule has 1 atom stereocenters. The predicted octanol–water partition coefficient (Wildman–Crippen LogP) is 2.24. The number of hydrazine groups is 1. The lowest BCUT2D eigenvalue weighted by atomic mass is 10.0. The van der Waals surface area contributed by atoms with Crippen molar-refractivity contribution in [2.75, 3.05) is 14.2 Å². The van der Waals surface area contributed by atoms with Crippen molar-refractivity contribution in [1.29, 1.82) is 0 Å². The van der Waals surface area contributed by atoms with E-state index in [-0.39, 0.29) is 6.04 Å². The van der Waals surface area contributed by atoms with Crippen LogP contribution in [0.4, 0.5) is 0 Å². The fourth-order valence-electron chi connectivity index (χ4n) is 2.27. The summed E-state index contributed by atoms with van der Waals surface area (Å²) < 4.78 is 10.4. The van der Waals surface area contributed by atoms with E-state index in [1.165, 1.54) is 5.56 Å². The van der Waals surface area contributed by atoms with Gasteiger partial charge in [-0.15, -0.1) is 0 Å². The van der Waals surface area contributed by atoms with Crippen LogP contribution in [-0.2, 0) is 6.42 Å². The maximum absolute atomic E-state index is 5.68. The number of pyridine rings is 1. The van der Waals surface area contributed by atoms with Crippen molar-refractivity contribution in [3.05, 3.63) is 53.7 Å². The van der Waals surface area contributed by atoms with E-state index in [0.717, 1.165) is 24.2 Å². The summed E-state index contributed by atoms with van der Waals surface area (Å²) in [5.41, 5.74) is 5.04. The first-order valence-corrected chi connectivity index (χ1v) is 6.86. The lowest BCUT2D eigenvalue weighted by Gasteiger charge is -2.18. The van der Waals surface area contributed by atoms with Gasteiger partial charge in [-0.25, -0.2) is 4.98 Å². The number of aryl methyl sites for hydroxylation is 1. The first kappa shape index (κ1) is 15.3. The number of hydrogen-bond donors (Lipinski definition) is 2. The van der Waals surface area contributed by atoms with E-state index in [0.29, 0.717) is 5.88 Å². The van der Waals surface area contributed by atoms with Crippen molar-refractivity contribution >= 4 is 0 Å². The lowest BCUT2D eigenvalue weighted by molar-refractivity contribution is 0.379. The Morgan fingerprint density at radius 3 is 2.52 bits per heavy atom. The van der Waals surface area contributed by atoms with Gasteiger partial charge in [0.15, 0.2) is 0 Å². The summed E-state index contributed by atoms with van der Waals surface area (Å²) >= 11 is 0. The summed E-state index contributed by atoms with van der Waals surface area (Å²) in [7, 11) is 3.28. The van der Waals surface area contributed by atoms with Crippen LogP contribution in [0, 0.1) is 0 Å². The topological polar surface area (TPSA) is 69.4 Å². The molecule has 0 radical (unpaired) electrons. The van der Waals surface area contributed by atoms with Crippen LogP contribution in [0.5, 0.6) is 11.6 Å². The third-order valence-electron chi connectivity index (χ3n) is 3.45. The van der Waals surface area contributed by atoms with Gasteiger partial charge in [-0.1, -0.05) is 18.2 Å². The maximum Gasteiger partial charge on any atom is 0.217 e. The molecular formula is C16H21N3O2.